The SMILES string of the molecule is CC(C)N1CCN(C(=O)C2CCCC2C(=O)O)CC1. The molecule has 2 unspecified atom stereocenters. The van der Waals surface area contributed by atoms with Crippen LogP contribution in [0.15, 0.2) is 0 Å². The van der Waals surface area contributed by atoms with E-state index in [0.717, 1.165) is 39.0 Å². The lowest BCUT2D eigenvalue weighted by atomic mass is 9.94. The Hall–Kier alpha value is -1.10. The van der Waals surface area contributed by atoms with Crippen molar-refractivity contribution in [2.75, 3.05) is 26.2 Å². The molecule has 2 fully saturated rings. The summed E-state index contributed by atoms with van der Waals surface area (Å²) in [7, 11) is 0. The van der Waals surface area contributed by atoms with Gasteiger partial charge in [0.2, 0.25) is 5.91 Å². The van der Waals surface area contributed by atoms with Gasteiger partial charge in [-0.3, -0.25) is 14.5 Å². The van der Waals surface area contributed by atoms with Crippen LogP contribution in [0.4, 0.5) is 0 Å². The third-order valence-corrected chi connectivity index (χ3v) is 4.51. The van der Waals surface area contributed by atoms with Crippen LogP contribution in [0.5, 0.6) is 0 Å². The van der Waals surface area contributed by atoms with Gasteiger partial charge in [-0.2, -0.15) is 0 Å². The van der Waals surface area contributed by atoms with Crippen LogP contribution in [0.3, 0.4) is 0 Å². The molecule has 0 bridgehead atoms. The predicted molar refractivity (Wildman–Crippen MR) is 71.8 cm³/mol. The number of amides is 1. The second kappa shape index (κ2) is 5.90. The highest BCUT2D eigenvalue weighted by atomic mass is 16.4. The van der Waals surface area contributed by atoms with Gasteiger partial charge in [0.05, 0.1) is 11.8 Å². The molecule has 0 radical (unpaired) electrons. The summed E-state index contributed by atoms with van der Waals surface area (Å²) in [4.78, 5) is 27.8. The fraction of sp³-hybridized carbons (Fsp3) is 0.857. The van der Waals surface area contributed by atoms with E-state index in [0.29, 0.717) is 12.5 Å². The second-order valence-electron chi connectivity index (χ2n) is 5.94. The molecule has 5 nitrogen and oxygen atoms in total. The highest BCUT2D eigenvalue weighted by Gasteiger charge is 2.40. The highest BCUT2D eigenvalue weighted by molar-refractivity contribution is 5.85. The first-order chi connectivity index (χ1) is 9.00. The largest absolute Gasteiger partial charge is 0.481 e. The highest BCUT2D eigenvalue weighted by Crippen LogP contribution is 2.33. The molecular formula is C14H24N2O3. The van der Waals surface area contributed by atoms with E-state index in [2.05, 4.69) is 18.7 Å². The molecule has 5 heteroatoms. The zero-order valence-corrected chi connectivity index (χ0v) is 11.8. The number of carboxylic acids is 1. The summed E-state index contributed by atoms with van der Waals surface area (Å²) in [5, 5.41) is 9.17. The molecule has 19 heavy (non-hydrogen) atoms. The maximum absolute atomic E-state index is 12.4. The summed E-state index contributed by atoms with van der Waals surface area (Å²) in [5.41, 5.74) is 0. The normalized spacial score (nSPS) is 28.9. The lowest BCUT2D eigenvalue weighted by molar-refractivity contribution is -0.149. The van der Waals surface area contributed by atoms with Gasteiger partial charge in [0.15, 0.2) is 0 Å². The van der Waals surface area contributed by atoms with Gasteiger partial charge in [0, 0.05) is 32.2 Å². The Morgan fingerprint density at radius 3 is 2.16 bits per heavy atom. The number of nitrogens with zero attached hydrogens (tertiary/aromatic N) is 2. The lowest BCUT2D eigenvalue weighted by Gasteiger charge is -2.38. The first-order valence-corrected chi connectivity index (χ1v) is 7.26. The monoisotopic (exact) mass is 268 g/mol. The van der Waals surface area contributed by atoms with Crippen LogP contribution in [-0.4, -0.2) is 59.0 Å². The Labute approximate surface area is 114 Å². The summed E-state index contributed by atoms with van der Waals surface area (Å²) < 4.78 is 0. The van der Waals surface area contributed by atoms with Crippen molar-refractivity contribution >= 4 is 11.9 Å². The van der Waals surface area contributed by atoms with Gasteiger partial charge in [-0.05, 0) is 26.7 Å². The molecular weight excluding hydrogens is 244 g/mol. The van der Waals surface area contributed by atoms with Crippen molar-refractivity contribution in [3.8, 4) is 0 Å². The molecule has 2 atom stereocenters. The summed E-state index contributed by atoms with van der Waals surface area (Å²) in [5.74, 6) is -1.50. The Balaban J connectivity index is 1.92. The molecule has 0 spiro atoms. The standard InChI is InChI=1S/C14H24N2O3/c1-10(2)15-6-8-16(9-7-15)13(17)11-4-3-5-12(11)14(18)19/h10-12H,3-9H2,1-2H3,(H,18,19). The van der Waals surface area contributed by atoms with Gasteiger partial charge < -0.3 is 10.0 Å². The molecule has 2 aliphatic rings. The number of carboxylic acid groups (broad SMARTS) is 1. The van der Waals surface area contributed by atoms with Gasteiger partial charge in [-0.25, -0.2) is 0 Å². The van der Waals surface area contributed by atoms with E-state index in [4.69, 9.17) is 5.11 Å². The van der Waals surface area contributed by atoms with E-state index in [1.54, 1.807) is 0 Å². The minimum Gasteiger partial charge on any atom is -0.481 e. The fourth-order valence-electron chi connectivity index (χ4n) is 3.24. The second-order valence-corrected chi connectivity index (χ2v) is 5.94. The van der Waals surface area contributed by atoms with Crippen molar-refractivity contribution in [3.05, 3.63) is 0 Å². The maximum atomic E-state index is 12.4. The van der Waals surface area contributed by atoms with Crippen LogP contribution in [-0.2, 0) is 9.59 Å². The summed E-state index contributed by atoms with van der Waals surface area (Å²) in [6.45, 7) is 7.59. The number of hydrogen-bond donors (Lipinski definition) is 1. The van der Waals surface area contributed by atoms with E-state index in [1.165, 1.54) is 0 Å². The molecule has 1 heterocycles. The molecule has 1 N–H and O–H groups in total. The summed E-state index contributed by atoms with van der Waals surface area (Å²) >= 11 is 0. The molecule has 1 aliphatic heterocycles. The van der Waals surface area contributed by atoms with Crippen LogP contribution in [0.25, 0.3) is 0 Å². The number of carbonyl (C=O) groups excluding carboxylic acids is 1. The topological polar surface area (TPSA) is 60.9 Å². The average molecular weight is 268 g/mol. The van der Waals surface area contributed by atoms with E-state index < -0.39 is 11.9 Å². The van der Waals surface area contributed by atoms with Gasteiger partial charge in [0.25, 0.3) is 0 Å². The quantitative estimate of drug-likeness (QED) is 0.831. The Bertz CT molecular complexity index is 349. The fourth-order valence-corrected chi connectivity index (χ4v) is 3.24. The number of aliphatic carboxylic acids is 1. The number of rotatable bonds is 3. The minimum absolute atomic E-state index is 0.0632. The van der Waals surface area contributed by atoms with Crippen LogP contribution in [0.1, 0.15) is 33.1 Å². The van der Waals surface area contributed by atoms with Gasteiger partial charge in [-0.15, -0.1) is 0 Å². The van der Waals surface area contributed by atoms with Gasteiger partial charge in [0.1, 0.15) is 0 Å². The molecule has 1 amide bonds. The van der Waals surface area contributed by atoms with Crippen LogP contribution < -0.4 is 0 Å². The van der Waals surface area contributed by atoms with Crippen LogP contribution in [0, 0.1) is 11.8 Å². The summed E-state index contributed by atoms with van der Waals surface area (Å²) in [6, 6.07) is 0.510. The maximum Gasteiger partial charge on any atom is 0.307 e. The van der Waals surface area contributed by atoms with Crippen molar-refractivity contribution in [2.45, 2.75) is 39.2 Å². The number of carbonyl (C=O) groups is 2. The molecule has 0 aromatic rings. The van der Waals surface area contributed by atoms with E-state index in [9.17, 15) is 9.59 Å². The zero-order valence-electron chi connectivity index (χ0n) is 11.8. The molecule has 0 aromatic heterocycles. The minimum atomic E-state index is -0.809. The van der Waals surface area contributed by atoms with Crippen molar-refractivity contribution in [1.29, 1.82) is 0 Å². The zero-order chi connectivity index (χ0) is 14.0. The number of hydrogen-bond acceptors (Lipinski definition) is 3. The van der Waals surface area contributed by atoms with Crippen molar-refractivity contribution in [1.82, 2.24) is 9.80 Å². The lowest BCUT2D eigenvalue weighted by Crippen LogP contribution is -2.52. The van der Waals surface area contributed by atoms with Crippen molar-refractivity contribution < 1.29 is 14.7 Å². The third-order valence-electron chi connectivity index (χ3n) is 4.51. The van der Waals surface area contributed by atoms with Crippen molar-refractivity contribution in [2.24, 2.45) is 11.8 Å². The first kappa shape index (κ1) is 14.3. The molecule has 1 saturated heterocycles. The third kappa shape index (κ3) is 3.08. The van der Waals surface area contributed by atoms with Crippen LogP contribution in [0.2, 0.25) is 0 Å². The average Bonchev–Trinajstić information content (AvgIpc) is 2.87. The smallest absolute Gasteiger partial charge is 0.307 e. The molecule has 1 saturated carbocycles. The Morgan fingerprint density at radius 2 is 1.63 bits per heavy atom. The molecule has 1 aliphatic carbocycles. The Morgan fingerprint density at radius 1 is 1.05 bits per heavy atom. The number of piperazine rings is 1. The van der Waals surface area contributed by atoms with Crippen LogP contribution >= 0.6 is 0 Å². The van der Waals surface area contributed by atoms with Gasteiger partial charge >= 0.3 is 5.97 Å². The van der Waals surface area contributed by atoms with E-state index in [1.807, 2.05) is 4.90 Å². The first-order valence-electron chi connectivity index (χ1n) is 7.26. The van der Waals surface area contributed by atoms with Gasteiger partial charge in [-0.1, -0.05) is 6.42 Å². The summed E-state index contributed by atoms with van der Waals surface area (Å²) in [6.07, 6.45) is 2.25. The predicted octanol–water partition coefficient (Wildman–Crippen LogP) is 1.04. The molecule has 108 valence electrons. The van der Waals surface area contributed by atoms with E-state index >= 15 is 0 Å². The van der Waals surface area contributed by atoms with Crippen molar-refractivity contribution in [3.63, 3.8) is 0 Å². The Kier molecular flexibility index (Phi) is 4.45. The van der Waals surface area contributed by atoms with E-state index in [-0.39, 0.29) is 11.8 Å². The molecule has 0 aromatic carbocycles. The molecule has 2 rings (SSSR count).